The summed E-state index contributed by atoms with van der Waals surface area (Å²) in [6, 6.07) is -0.213. The van der Waals surface area contributed by atoms with E-state index < -0.39 is 19.9 Å². The largest absolute Gasteiger partial charge is 0.330 e. The zero-order chi connectivity index (χ0) is 13.0. The molecule has 6 nitrogen and oxygen atoms in total. The van der Waals surface area contributed by atoms with Crippen LogP contribution in [-0.4, -0.2) is 58.5 Å². The summed E-state index contributed by atoms with van der Waals surface area (Å²) in [5, 5.41) is 0. The lowest BCUT2D eigenvalue weighted by atomic mass is 10.2. The molecule has 0 aliphatic heterocycles. The molecule has 0 aromatic heterocycles. The standard InChI is InChI=1S/C8H20N2O4S2/c1-8(4-5-9)10(2)16(13,14)7-6-15(3,11)12/h8H,4-7,9H2,1-3H3. The molecule has 1 unspecified atom stereocenters. The smallest absolute Gasteiger partial charge is 0.215 e. The van der Waals surface area contributed by atoms with Crippen LogP contribution in [0.3, 0.4) is 0 Å². The number of sulfonamides is 1. The Hall–Kier alpha value is -0.180. The zero-order valence-corrected chi connectivity index (χ0v) is 11.5. The summed E-state index contributed by atoms with van der Waals surface area (Å²) < 4.78 is 46.4. The molecule has 2 N–H and O–H groups in total. The Bertz CT molecular complexity index is 402. The highest BCUT2D eigenvalue weighted by atomic mass is 32.2. The summed E-state index contributed by atoms with van der Waals surface area (Å²) in [6.45, 7) is 2.14. The van der Waals surface area contributed by atoms with Crippen LogP contribution in [0.5, 0.6) is 0 Å². The first-order chi connectivity index (χ1) is 7.10. The lowest BCUT2D eigenvalue weighted by molar-refractivity contribution is 0.375. The topological polar surface area (TPSA) is 97.5 Å². The molecule has 0 bridgehead atoms. The van der Waals surface area contributed by atoms with Gasteiger partial charge >= 0.3 is 0 Å². The van der Waals surface area contributed by atoms with Crippen molar-refractivity contribution < 1.29 is 16.8 Å². The Labute approximate surface area is 97.8 Å². The highest BCUT2D eigenvalue weighted by Gasteiger charge is 2.23. The predicted octanol–water partition coefficient (Wildman–Crippen LogP) is -0.970. The van der Waals surface area contributed by atoms with Gasteiger partial charge < -0.3 is 5.73 Å². The SMILES string of the molecule is CC(CCN)N(C)S(=O)(=O)CCS(C)(=O)=O. The van der Waals surface area contributed by atoms with Crippen LogP contribution in [0.4, 0.5) is 0 Å². The average Bonchev–Trinajstić information content (AvgIpc) is 2.13. The van der Waals surface area contributed by atoms with Crippen molar-refractivity contribution in [3.8, 4) is 0 Å². The maximum absolute atomic E-state index is 11.7. The molecule has 0 saturated carbocycles. The van der Waals surface area contributed by atoms with Crippen LogP contribution in [0.1, 0.15) is 13.3 Å². The Morgan fingerprint density at radius 1 is 1.19 bits per heavy atom. The quantitative estimate of drug-likeness (QED) is 0.643. The molecule has 16 heavy (non-hydrogen) atoms. The fourth-order valence-electron chi connectivity index (χ4n) is 1.10. The second-order valence-corrected chi connectivity index (χ2v) is 8.30. The minimum atomic E-state index is -3.52. The molecule has 0 aliphatic rings. The summed E-state index contributed by atoms with van der Waals surface area (Å²) in [4.78, 5) is 0. The van der Waals surface area contributed by atoms with Gasteiger partial charge in [-0.25, -0.2) is 21.1 Å². The monoisotopic (exact) mass is 272 g/mol. The van der Waals surface area contributed by atoms with E-state index in [1.165, 1.54) is 11.4 Å². The molecule has 0 aromatic rings. The van der Waals surface area contributed by atoms with E-state index in [9.17, 15) is 16.8 Å². The van der Waals surface area contributed by atoms with Gasteiger partial charge in [0, 0.05) is 19.3 Å². The Morgan fingerprint density at radius 2 is 1.69 bits per heavy atom. The van der Waals surface area contributed by atoms with E-state index in [4.69, 9.17) is 5.73 Å². The molecule has 0 spiro atoms. The number of hydrogen-bond donors (Lipinski definition) is 1. The Morgan fingerprint density at radius 3 is 2.06 bits per heavy atom. The van der Waals surface area contributed by atoms with Crippen molar-refractivity contribution in [2.75, 3.05) is 31.4 Å². The third kappa shape index (κ3) is 5.78. The molecule has 0 radical (unpaired) electrons. The predicted molar refractivity (Wildman–Crippen MR) is 64.4 cm³/mol. The van der Waals surface area contributed by atoms with Crippen LogP contribution in [0.25, 0.3) is 0 Å². The van der Waals surface area contributed by atoms with Crippen molar-refractivity contribution in [1.29, 1.82) is 0 Å². The molecule has 1 atom stereocenters. The van der Waals surface area contributed by atoms with E-state index in [2.05, 4.69) is 0 Å². The van der Waals surface area contributed by atoms with Crippen molar-refractivity contribution in [3.05, 3.63) is 0 Å². The lowest BCUT2D eigenvalue weighted by Crippen LogP contribution is -2.39. The third-order valence-electron chi connectivity index (χ3n) is 2.36. The number of sulfone groups is 1. The summed E-state index contributed by atoms with van der Waals surface area (Å²) in [5.41, 5.74) is 5.34. The van der Waals surface area contributed by atoms with Gasteiger partial charge in [-0.2, -0.15) is 0 Å². The van der Waals surface area contributed by atoms with Crippen LogP contribution in [-0.2, 0) is 19.9 Å². The van der Waals surface area contributed by atoms with E-state index in [0.29, 0.717) is 13.0 Å². The maximum Gasteiger partial charge on any atom is 0.215 e. The second kappa shape index (κ2) is 5.95. The van der Waals surface area contributed by atoms with Crippen molar-refractivity contribution in [2.24, 2.45) is 5.73 Å². The minimum absolute atomic E-state index is 0.213. The minimum Gasteiger partial charge on any atom is -0.330 e. The maximum atomic E-state index is 11.7. The van der Waals surface area contributed by atoms with Crippen LogP contribution >= 0.6 is 0 Å². The van der Waals surface area contributed by atoms with Gasteiger partial charge in [0.05, 0.1) is 11.5 Å². The molecule has 0 amide bonds. The van der Waals surface area contributed by atoms with Gasteiger partial charge in [-0.1, -0.05) is 0 Å². The van der Waals surface area contributed by atoms with Crippen LogP contribution in [0.15, 0.2) is 0 Å². The molecule has 0 rings (SSSR count). The van der Waals surface area contributed by atoms with Crippen LogP contribution in [0.2, 0.25) is 0 Å². The van der Waals surface area contributed by atoms with E-state index in [1.807, 2.05) is 0 Å². The fourth-order valence-corrected chi connectivity index (χ4v) is 4.09. The number of nitrogens with two attached hydrogens (primary N) is 1. The summed E-state index contributed by atoms with van der Waals surface area (Å²) in [7, 11) is -5.33. The summed E-state index contributed by atoms with van der Waals surface area (Å²) >= 11 is 0. The number of nitrogens with zero attached hydrogens (tertiary/aromatic N) is 1. The Balaban J connectivity index is 4.55. The first kappa shape index (κ1) is 15.8. The van der Waals surface area contributed by atoms with Gasteiger partial charge in [-0.3, -0.25) is 0 Å². The molecule has 8 heteroatoms. The van der Waals surface area contributed by atoms with Crippen LogP contribution < -0.4 is 5.73 Å². The normalized spacial score (nSPS) is 15.3. The number of rotatable bonds is 7. The highest BCUT2D eigenvalue weighted by Crippen LogP contribution is 2.07. The lowest BCUT2D eigenvalue weighted by Gasteiger charge is -2.23. The molecular formula is C8H20N2O4S2. The first-order valence-electron chi connectivity index (χ1n) is 4.93. The van der Waals surface area contributed by atoms with E-state index >= 15 is 0 Å². The van der Waals surface area contributed by atoms with Gasteiger partial charge in [-0.15, -0.1) is 0 Å². The molecule has 0 heterocycles. The highest BCUT2D eigenvalue weighted by molar-refractivity contribution is 7.93. The molecule has 0 aliphatic carbocycles. The second-order valence-electron chi connectivity index (χ2n) is 3.89. The average molecular weight is 272 g/mol. The molecular weight excluding hydrogens is 252 g/mol. The molecule has 0 fully saturated rings. The summed E-state index contributed by atoms with van der Waals surface area (Å²) in [5.74, 6) is -0.730. The zero-order valence-electron chi connectivity index (χ0n) is 9.88. The van der Waals surface area contributed by atoms with Gasteiger partial charge in [0.1, 0.15) is 9.84 Å². The van der Waals surface area contributed by atoms with Gasteiger partial charge in [0.2, 0.25) is 10.0 Å². The summed E-state index contributed by atoms with van der Waals surface area (Å²) in [6.07, 6.45) is 1.57. The van der Waals surface area contributed by atoms with Crippen molar-refractivity contribution in [1.82, 2.24) is 4.31 Å². The fraction of sp³-hybridized carbons (Fsp3) is 1.00. The molecule has 0 saturated heterocycles. The third-order valence-corrected chi connectivity index (χ3v) is 5.52. The van der Waals surface area contributed by atoms with E-state index in [0.717, 1.165) is 6.26 Å². The Kier molecular flexibility index (Phi) is 5.88. The van der Waals surface area contributed by atoms with Gasteiger partial charge in [0.15, 0.2) is 0 Å². The number of hydrogen-bond acceptors (Lipinski definition) is 5. The van der Waals surface area contributed by atoms with Crippen molar-refractivity contribution in [2.45, 2.75) is 19.4 Å². The molecule has 98 valence electrons. The van der Waals surface area contributed by atoms with E-state index in [-0.39, 0.29) is 17.5 Å². The molecule has 0 aromatic carbocycles. The van der Waals surface area contributed by atoms with Gasteiger partial charge in [-0.05, 0) is 19.9 Å². The van der Waals surface area contributed by atoms with E-state index in [1.54, 1.807) is 6.92 Å². The van der Waals surface area contributed by atoms with Gasteiger partial charge in [0.25, 0.3) is 0 Å². The first-order valence-corrected chi connectivity index (χ1v) is 8.60. The van der Waals surface area contributed by atoms with Crippen LogP contribution in [0, 0.1) is 0 Å². The van der Waals surface area contributed by atoms with Crippen molar-refractivity contribution in [3.63, 3.8) is 0 Å². The van der Waals surface area contributed by atoms with Crippen molar-refractivity contribution >= 4 is 19.9 Å².